The van der Waals surface area contributed by atoms with Gasteiger partial charge in [-0.3, -0.25) is 9.10 Å². The number of thiophene rings is 1. The van der Waals surface area contributed by atoms with Crippen molar-refractivity contribution in [3.05, 3.63) is 52.9 Å². The van der Waals surface area contributed by atoms with E-state index in [1.165, 1.54) is 22.7 Å². The number of unbranched alkanes of at least 4 members (excludes halogenated alkanes) is 2. The first kappa shape index (κ1) is 23.1. The number of rotatable bonds is 9. The van der Waals surface area contributed by atoms with Crippen molar-refractivity contribution < 1.29 is 17.9 Å². The van der Waals surface area contributed by atoms with Gasteiger partial charge in [0.1, 0.15) is 5.75 Å². The van der Waals surface area contributed by atoms with Crippen LogP contribution < -0.4 is 14.4 Å². The van der Waals surface area contributed by atoms with Crippen LogP contribution >= 0.6 is 11.3 Å². The summed E-state index contributed by atoms with van der Waals surface area (Å²) in [6, 6.07) is 12.0. The Morgan fingerprint density at radius 2 is 1.90 bits per heavy atom. The minimum absolute atomic E-state index is 0.0893. The van der Waals surface area contributed by atoms with Crippen LogP contribution in [0.5, 0.6) is 5.75 Å². The van der Waals surface area contributed by atoms with Gasteiger partial charge in [0.25, 0.3) is 15.9 Å². The fraction of sp³-hybridized carbons (Fsp3) is 0.348. The van der Waals surface area contributed by atoms with E-state index in [1.54, 1.807) is 37.4 Å². The Balaban J connectivity index is 1.83. The standard InChI is InChI=1S/C23H28N2O4S2/c1-5-6-7-12-24-23(26)22-15-17-14-18(8-11-21(17)30-22)25(3)31(27,28)19-9-10-20(29-4)16(2)13-19/h8-11,13-15H,5-7,12H2,1-4H3,(H,24,26). The van der Waals surface area contributed by atoms with Crippen molar-refractivity contribution in [1.82, 2.24) is 5.32 Å². The molecule has 0 aliphatic carbocycles. The third-order valence-corrected chi connectivity index (χ3v) is 8.07. The number of aryl methyl sites for hydroxylation is 1. The maximum absolute atomic E-state index is 13.1. The fourth-order valence-corrected chi connectivity index (χ4v) is 5.54. The molecule has 0 spiro atoms. The highest BCUT2D eigenvalue weighted by atomic mass is 32.2. The first-order chi connectivity index (χ1) is 14.8. The lowest BCUT2D eigenvalue weighted by atomic mass is 10.2. The summed E-state index contributed by atoms with van der Waals surface area (Å²) in [4.78, 5) is 13.2. The first-order valence-corrected chi connectivity index (χ1v) is 12.5. The molecule has 1 N–H and O–H groups in total. The second-order valence-corrected chi connectivity index (χ2v) is 10.5. The van der Waals surface area contributed by atoms with Crippen LogP contribution in [0.4, 0.5) is 5.69 Å². The van der Waals surface area contributed by atoms with Gasteiger partial charge in [0, 0.05) is 18.3 Å². The van der Waals surface area contributed by atoms with Crippen molar-refractivity contribution in [2.75, 3.05) is 25.0 Å². The summed E-state index contributed by atoms with van der Waals surface area (Å²) >= 11 is 1.41. The van der Waals surface area contributed by atoms with Gasteiger partial charge in [-0.15, -0.1) is 11.3 Å². The van der Waals surface area contributed by atoms with E-state index in [9.17, 15) is 13.2 Å². The highest BCUT2D eigenvalue weighted by Crippen LogP contribution is 2.32. The third-order valence-electron chi connectivity index (χ3n) is 5.18. The van der Waals surface area contributed by atoms with E-state index >= 15 is 0 Å². The number of amides is 1. The molecule has 2 aromatic carbocycles. The quantitative estimate of drug-likeness (QED) is 0.458. The molecule has 0 unspecified atom stereocenters. The minimum atomic E-state index is -3.73. The molecule has 6 nitrogen and oxygen atoms in total. The van der Waals surface area contributed by atoms with Gasteiger partial charge in [-0.25, -0.2) is 8.42 Å². The van der Waals surface area contributed by atoms with Crippen molar-refractivity contribution in [1.29, 1.82) is 0 Å². The molecule has 0 atom stereocenters. The second kappa shape index (κ2) is 9.70. The van der Waals surface area contributed by atoms with Crippen LogP contribution in [-0.2, 0) is 10.0 Å². The summed E-state index contributed by atoms with van der Waals surface area (Å²) in [6.07, 6.45) is 3.16. The number of nitrogens with one attached hydrogen (secondary N) is 1. The van der Waals surface area contributed by atoms with E-state index in [1.807, 2.05) is 19.1 Å². The number of ether oxygens (including phenoxy) is 1. The molecule has 31 heavy (non-hydrogen) atoms. The SMILES string of the molecule is CCCCCNC(=O)c1cc2cc(N(C)S(=O)(=O)c3ccc(OC)c(C)c3)ccc2s1. The molecule has 0 fully saturated rings. The Morgan fingerprint density at radius 1 is 1.13 bits per heavy atom. The highest BCUT2D eigenvalue weighted by molar-refractivity contribution is 7.92. The topological polar surface area (TPSA) is 75.7 Å². The Bertz CT molecular complexity index is 1190. The van der Waals surface area contributed by atoms with Gasteiger partial charge in [0.05, 0.1) is 22.6 Å². The summed E-state index contributed by atoms with van der Waals surface area (Å²) in [5.41, 5.74) is 1.29. The highest BCUT2D eigenvalue weighted by Gasteiger charge is 2.23. The van der Waals surface area contributed by atoms with E-state index in [4.69, 9.17) is 4.74 Å². The smallest absolute Gasteiger partial charge is 0.264 e. The number of fused-ring (bicyclic) bond motifs is 1. The lowest BCUT2D eigenvalue weighted by Gasteiger charge is -2.20. The molecular formula is C23H28N2O4S2. The molecule has 3 aromatic rings. The number of sulfonamides is 1. The van der Waals surface area contributed by atoms with Crippen molar-refractivity contribution in [3.8, 4) is 5.75 Å². The predicted octanol–water partition coefficient (Wildman–Crippen LogP) is 4.96. The number of hydrogen-bond donors (Lipinski definition) is 1. The Kier molecular flexibility index (Phi) is 7.23. The lowest BCUT2D eigenvalue weighted by Crippen LogP contribution is -2.26. The largest absolute Gasteiger partial charge is 0.496 e. The number of anilines is 1. The van der Waals surface area contributed by atoms with Crippen LogP contribution in [0.1, 0.15) is 41.4 Å². The number of benzene rings is 2. The molecule has 166 valence electrons. The van der Waals surface area contributed by atoms with Crippen LogP contribution in [-0.4, -0.2) is 35.0 Å². The number of carbonyl (C=O) groups excluding carboxylic acids is 1. The molecule has 0 saturated carbocycles. The summed E-state index contributed by atoms with van der Waals surface area (Å²) in [6.45, 7) is 4.59. The molecule has 8 heteroatoms. The summed E-state index contributed by atoms with van der Waals surface area (Å²) < 4.78 is 33.7. The molecule has 3 rings (SSSR count). The number of hydrogen-bond acceptors (Lipinski definition) is 5. The average molecular weight is 461 g/mol. The maximum atomic E-state index is 13.1. The van der Waals surface area contributed by atoms with Crippen LogP contribution in [0.2, 0.25) is 0 Å². The van der Waals surface area contributed by atoms with Crippen molar-refractivity contribution in [3.63, 3.8) is 0 Å². The zero-order valence-corrected chi connectivity index (χ0v) is 19.9. The van der Waals surface area contributed by atoms with Gasteiger partial charge < -0.3 is 10.1 Å². The minimum Gasteiger partial charge on any atom is -0.496 e. The zero-order chi connectivity index (χ0) is 22.6. The molecule has 0 radical (unpaired) electrons. The molecular weight excluding hydrogens is 432 g/mol. The van der Waals surface area contributed by atoms with E-state index < -0.39 is 10.0 Å². The monoisotopic (exact) mass is 460 g/mol. The molecule has 0 aliphatic rings. The molecule has 1 amide bonds. The lowest BCUT2D eigenvalue weighted by molar-refractivity contribution is 0.0957. The van der Waals surface area contributed by atoms with Gasteiger partial charge in [-0.2, -0.15) is 0 Å². The fourth-order valence-electron chi connectivity index (χ4n) is 3.31. The second-order valence-electron chi connectivity index (χ2n) is 7.40. The predicted molar refractivity (Wildman–Crippen MR) is 127 cm³/mol. The van der Waals surface area contributed by atoms with Gasteiger partial charge in [0.15, 0.2) is 0 Å². The summed E-state index contributed by atoms with van der Waals surface area (Å²) in [5, 5.41) is 3.79. The number of nitrogens with zero attached hydrogens (tertiary/aromatic N) is 1. The number of methoxy groups -OCH3 is 1. The first-order valence-electron chi connectivity index (χ1n) is 10.2. The van der Waals surface area contributed by atoms with Crippen LogP contribution in [0.25, 0.3) is 10.1 Å². The summed E-state index contributed by atoms with van der Waals surface area (Å²) in [7, 11) is -0.648. The van der Waals surface area contributed by atoms with Crippen molar-refractivity contribution >= 4 is 43.0 Å². The van der Waals surface area contributed by atoms with E-state index in [-0.39, 0.29) is 10.8 Å². The van der Waals surface area contributed by atoms with Crippen molar-refractivity contribution in [2.45, 2.75) is 38.0 Å². The molecule has 0 saturated heterocycles. The van der Waals surface area contributed by atoms with E-state index in [2.05, 4.69) is 12.2 Å². The Labute approximate surface area is 187 Å². The Morgan fingerprint density at radius 3 is 2.58 bits per heavy atom. The maximum Gasteiger partial charge on any atom is 0.264 e. The van der Waals surface area contributed by atoms with Gasteiger partial charge >= 0.3 is 0 Å². The molecule has 1 aromatic heterocycles. The van der Waals surface area contributed by atoms with Gasteiger partial charge in [-0.05, 0) is 66.8 Å². The number of carbonyl (C=O) groups is 1. The molecule has 0 aliphatic heterocycles. The summed E-state index contributed by atoms with van der Waals surface area (Å²) in [5.74, 6) is 0.551. The van der Waals surface area contributed by atoms with Gasteiger partial charge in [-0.1, -0.05) is 19.8 Å². The van der Waals surface area contributed by atoms with Crippen molar-refractivity contribution in [2.24, 2.45) is 0 Å². The third kappa shape index (κ3) is 5.02. The molecule has 0 bridgehead atoms. The molecule has 1 heterocycles. The van der Waals surface area contributed by atoms with E-state index in [0.29, 0.717) is 22.9 Å². The average Bonchev–Trinajstić information content (AvgIpc) is 3.19. The van der Waals surface area contributed by atoms with Gasteiger partial charge in [0.2, 0.25) is 0 Å². The van der Waals surface area contributed by atoms with Crippen LogP contribution in [0.15, 0.2) is 47.4 Å². The van der Waals surface area contributed by atoms with Crippen LogP contribution in [0, 0.1) is 6.92 Å². The normalized spacial score (nSPS) is 11.5. The van der Waals surface area contributed by atoms with Crippen LogP contribution in [0.3, 0.4) is 0 Å². The zero-order valence-electron chi connectivity index (χ0n) is 18.3. The van der Waals surface area contributed by atoms with E-state index in [0.717, 1.165) is 34.9 Å². The Hall–Kier alpha value is -2.58.